The van der Waals surface area contributed by atoms with Gasteiger partial charge in [-0.25, -0.2) is 9.78 Å². The molecule has 0 spiro atoms. The molecule has 1 aromatic heterocycles. The zero-order chi connectivity index (χ0) is 17.3. The van der Waals surface area contributed by atoms with Crippen LogP contribution in [0.25, 0.3) is 0 Å². The molecule has 24 heavy (non-hydrogen) atoms. The molecule has 2 aromatic rings. The van der Waals surface area contributed by atoms with Gasteiger partial charge in [0.1, 0.15) is 23.2 Å². The largest absolute Gasteiger partial charge is 0.495 e. The van der Waals surface area contributed by atoms with Gasteiger partial charge in [-0.3, -0.25) is 0 Å². The third-order valence-electron chi connectivity index (χ3n) is 4.05. The molecule has 1 aliphatic heterocycles. The number of carboxylic acid groups (broad SMARTS) is 1. The number of hydrogen-bond donors (Lipinski definition) is 2. The first-order valence-electron chi connectivity index (χ1n) is 7.50. The van der Waals surface area contributed by atoms with Gasteiger partial charge in [-0.15, -0.1) is 0 Å². The lowest BCUT2D eigenvalue weighted by molar-refractivity contribution is 0.0684. The van der Waals surface area contributed by atoms with Gasteiger partial charge in [-0.05, 0) is 31.2 Å². The van der Waals surface area contributed by atoms with Gasteiger partial charge in [0, 0.05) is 0 Å². The lowest BCUT2D eigenvalue weighted by Gasteiger charge is -2.41. The van der Waals surface area contributed by atoms with Crippen molar-refractivity contribution in [3.8, 4) is 11.5 Å². The summed E-state index contributed by atoms with van der Waals surface area (Å²) in [5.41, 5.74) is 0.638. The van der Waals surface area contributed by atoms with Gasteiger partial charge < -0.3 is 24.6 Å². The van der Waals surface area contributed by atoms with Gasteiger partial charge in [0.15, 0.2) is 5.75 Å². The number of hydrogen-bond acceptors (Lipinski definition) is 6. The first-order chi connectivity index (χ1) is 11.6. The Morgan fingerprint density at radius 2 is 2.17 bits per heavy atom. The summed E-state index contributed by atoms with van der Waals surface area (Å²) in [5, 5.41) is 19.2. The van der Waals surface area contributed by atoms with E-state index >= 15 is 0 Å². The molecule has 0 fully saturated rings. The first kappa shape index (κ1) is 16.1. The molecule has 0 saturated carbocycles. The fourth-order valence-electron chi connectivity index (χ4n) is 2.82. The molecule has 7 heteroatoms. The molecule has 2 atom stereocenters. The monoisotopic (exact) mass is 330 g/mol. The number of pyridine rings is 1. The number of carbonyl (C=O) groups is 1. The van der Waals surface area contributed by atoms with E-state index in [-0.39, 0.29) is 24.0 Å². The number of aliphatic hydroxyl groups excluding tert-OH is 1. The molecule has 2 N–H and O–H groups in total. The Morgan fingerprint density at radius 1 is 1.38 bits per heavy atom. The predicted octanol–water partition coefficient (Wildman–Crippen LogP) is 2.07. The number of carboxylic acids is 1. The number of fused-ring (bicyclic) bond motifs is 1. The third-order valence-corrected chi connectivity index (χ3v) is 4.05. The molecule has 126 valence electrons. The van der Waals surface area contributed by atoms with Gasteiger partial charge in [-0.2, -0.15) is 0 Å². The number of aromatic nitrogens is 1. The minimum absolute atomic E-state index is 0.0780. The lowest BCUT2D eigenvalue weighted by atomic mass is 10.0. The Kier molecular flexibility index (Phi) is 4.26. The smallest absolute Gasteiger partial charge is 0.339 e. The highest BCUT2D eigenvalue weighted by molar-refractivity contribution is 5.94. The minimum Gasteiger partial charge on any atom is -0.495 e. The van der Waals surface area contributed by atoms with E-state index < -0.39 is 12.1 Å². The molecule has 0 amide bonds. The molecule has 2 unspecified atom stereocenters. The standard InChI is InChI=1S/C17H18N2O5/c1-10-14(9-20)19(15-7-6-11(23-2)8-18-15)13-5-3-4-12(17(21)22)16(13)24-10/h3-8,10,14,20H,9H2,1-2H3,(H,21,22). The van der Waals surface area contributed by atoms with Crippen LogP contribution in [0.1, 0.15) is 17.3 Å². The molecule has 0 radical (unpaired) electrons. The highest BCUT2D eigenvalue weighted by Crippen LogP contribution is 2.42. The number of methoxy groups -OCH3 is 1. The zero-order valence-electron chi connectivity index (χ0n) is 13.3. The minimum atomic E-state index is -1.07. The van der Waals surface area contributed by atoms with Crippen molar-refractivity contribution in [2.75, 3.05) is 18.6 Å². The van der Waals surface area contributed by atoms with Crippen molar-refractivity contribution >= 4 is 17.5 Å². The molecule has 2 heterocycles. The lowest BCUT2D eigenvalue weighted by Crippen LogP contribution is -2.48. The van der Waals surface area contributed by atoms with E-state index in [9.17, 15) is 15.0 Å². The SMILES string of the molecule is COc1ccc(N2c3cccc(C(=O)O)c3OC(C)C2CO)nc1. The summed E-state index contributed by atoms with van der Waals surface area (Å²) in [6.45, 7) is 1.63. The normalized spacial score (nSPS) is 19.4. The Labute approximate surface area is 139 Å². The Bertz CT molecular complexity index is 747. The maximum atomic E-state index is 11.5. The molecular formula is C17H18N2O5. The fraction of sp³-hybridized carbons (Fsp3) is 0.294. The van der Waals surface area contributed by atoms with Crippen LogP contribution >= 0.6 is 0 Å². The van der Waals surface area contributed by atoms with Gasteiger partial charge in [0.2, 0.25) is 0 Å². The Balaban J connectivity index is 2.15. The number of aliphatic hydroxyl groups is 1. The highest BCUT2D eigenvalue weighted by atomic mass is 16.5. The van der Waals surface area contributed by atoms with E-state index in [1.165, 1.54) is 6.07 Å². The summed E-state index contributed by atoms with van der Waals surface area (Å²) in [7, 11) is 1.55. The number of para-hydroxylation sites is 1. The van der Waals surface area contributed by atoms with Gasteiger partial charge in [0.25, 0.3) is 0 Å². The maximum Gasteiger partial charge on any atom is 0.339 e. The van der Waals surface area contributed by atoms with E-state index in [0.717, 1.165) is 0 Å². The van der Waals surface area contributed by atoms with Crippen LogP contribution in [0, 0.1) is 0 Å². The predicted molar refractivity (Wildman–Crippen MR) is 87.3 cm³/mol. The number of aromatic carboxylic acids is 1. The van der Waals surface area contributed by atoms with Crippen LogP contribution in [-0.2, 0) is 0 Å². The maximum absolute atomic E-state index is 11.5. The van der Waals surface area contributed by atoms with E-state index in [1.807, 2.05) is 0 Å². The summed E-state index contributed by atoms with van der Waals surface area (Å²) < 4.78 is 10.9. The average molecular weight is 330 g/mol. The number of ether oxygens (including phenoxy) is 2. The van der Waals surface area contributed by atoms with Gasteiger partial charge in [0.05, 0.1) is 31.6 Å². The molecule has 3 rings (SSSR count). The second-order valence-electron chi connectivity index (χ2n) is 5.46. The van der Waals surface area contributed by atoms with E-state index in [2.05, 4.69) is 4.98 Å². The van der Waals surface area contributed by atoms with E-state index in [1.54, 1.807) is 49.4 Å². The topological polar surface area (TPSA) is 92.1 Å². The summed E-state index contributed by atoms with van der Waals surface area (Å²) in [5.74, 6) is 0.401. The second kappa shape index (κ2) is 6.37. The summed E-state index contributed by atoms with van der Waals surface area (Å²) in [6.07, 6.45) is 1.16. The number of benzene rings is 1. The summed E-state index contributed by atoms with van der Waals surface area (Å²) in [6, 6.07) is 8.03. The van der Waals surface area contributed by atoms with Crippen LogP contribution in [0.2, 0.25) is 0 Å². The van der Waals surface area contributed by atoms with Crippen LogP contribution in [-0.4, -0.2) is 47.0 Å². The fourth-order valence-corrected chi connectivity index (χ4v) is 2.82. The van der Waals surface area contributed by atoms with Crippen LogP contribution in [0.3, 0.4) is 0 Å². The van der Waals surface area contributed by atoms with Crippen molar-refractivity contribution in [1.82, 2.24) is 4.98 Å². The van der Waals surface area contributed by atoms with Crippen LogP contribution in [0.4, 0.5) is 11.5 Å². The quantitative estimate of drug-likeness (QED) is 0.886. The average Bonchev–Trinajstić information content (AvgIpc) is 2.60. The highest BCUT2D eigenvalue weighted by Gasteiger charge is 2.36. The number of nitrogens with zero attached hydrogens (tertiary/aromatic N) is 2. The van der Waals surface area contributed by atoms with Crippen molar-refractivity contribution in [2.45, 2.75) is 19.1 Å². The second-order valence-corrected chi connectivity index (χ2v) is 5.46. The molecule has 0 aliphatic carbocycles. The van der Waals surface area contributed by atoms with Crippen LogP contribution < -0.4 is 14.4 Å². The van der Waals surface area contributed by atoms with Crippen molar-refractivity contribution in [3.05, 3.63) is 42.1 Å². The van der Waals surface area contributed by atoms with E-state index in [0.29, 0.717) is 17.3 Å². The summed E-state index contributed by atoms with van der Waals surface area (Å²) in [4.78, 5) is 17.6. The van der Waals surface area contributed by atoms with Crippen molar-refractivity contribution in [3.63, 3.8) is 0 Å². The van der Waals surface area contributed by atoms with Gasteiger partial charge in [-0.1, -0.05) is 6.07 Å². The Morgan fingerprint density at radius 3 is 2.75 bits per heavy atom. The van der Waals surface area contributed by atoms with Crippen molar-refractivity contribution in [1.29, 1.82) is 0 Å². The first-order valence-corrected chi connectivity index (χ1v) is 7.50. The molecule has 1 aliphatic rings. The van der Waals surface area contributed by atoms with E-state index in [4.69, 9.17) is 9.47 Å². The molecule has 7 nitrogen and oxygen atoms in total. The third kappa shape index (κ3) is 2.63. The zero-order valence-corrected chi connectivity index (χ0v) is 13.3. The van der Waals surface area contributed by atoms with Crippen LogP contribution in [0.15, 0.2) is 36.5 Å². The van der Waals surface area contributed by atoms with Crippen molar-refractivity contribution in [2.24, 2.45) is 0 Å². The number of rotatable bonds is 4. The van der Waals surface area contributed by atoms with Crippen LogP contribution in [0.5, 0.6) is 11.5 Å². The molecular weight excluding hydrogens is 312 g/mol. The van der Waals surface area contributed by atoms with Gasteiger partial charge >= 0.3 is 5.97 Å². The molecule has 0 bridgehead atoms. The molecule has 0 saturated heterocycles. The van der Waals surface area contributed by atoms with Crippen molar-refractivity contribution < 1.29 is 24.5 Å². The Hall–Kier alpha value is -2.80. The number of anilines is 2. The molecule has 1 aromatic carbocycles. The summed E-state index contributed by atoms with van der Waals surface area (Å²) >= 11 is 0.